The van der Waals surface area contributed by atoms with Crippen LogP contribution in [0.3, 0.4) is 0 Å². The van der Waals surface area contributed by atoms with Gasteiger partial charge < -0.3 is 19.5 Å². The second-order valence-electron chi connectivity index (χ2n) is 9.21. The number of benzene rings is 2. The summed E-state index contributed by atoms with van der Waals surface area (Å²) < 4.78 is 44.9. The second kappa shape index (κ2) is 9.93. The highest BCUT2D eigenvalue weighted by atomic mass is 32.2. The van der Waals surface area contributed by atoms with Crippen LogP contribution in [0.1, 0.15) is 49.7 Å². The first-order chi connectivity index (χ1) is 16.1. The van der Waals surface area contributed by atoms with E-state index in [0.29, 0.717) is 30.3 Å². The lowest BCUT2D eigenvalue weighted by Gasteiger charge is -2.34. The summed E-state index contributed by atoms with van der Waals surface area (Å²) >= 11 is 0. The van der Waals surface area contributed by atoms with Crippen molar-refractivity contribution in [2.45, 2.75) is 50.8 Å². The van der Waals surface area contributed by atoms with E-state index in [1.165, 1.54) is 16.4 Å². The van der Waals surface area contributed by atoms with Crippen LogP contribution < -0.4 is 14.8 Å². The predicted octanol–water partition coefficient (Wildman–Crippen LogP) is 3.38. The quantitative estimate of drug-likeness (QED) is 0.670. The number of hydrogen-bond acceptors (Lipinski definition) is 6. The van der Waals surface area contributed by atoms with Gasteiger partial charge >= 0.3 is 0 Å². The van der Waals surface area contributed by atoms with Gasteiger partial charge in [-0.25, -0.2) is 8.42 Å². The number of nitrogens with zero attached hydrogens (tertiary/aromatic N) is 1. The molecule has 1 N–H and O–H groups in total. The number of carbonyl (C=O) groups is 1. The Morgan fingerprint density at radius 3 is 2.35 bits per heavy atom. The molecule has 2 aliphatic heterocycles. The van der Waals surface area contributed by atoms with Gasteiger partial charge in [-0.15, -0.1) is 0 Å². The van der Waals surface area contributed by atoms with Gasteiger partial charge in [0.25, 0.3) is 5.91 Å². The first kappa shape index (κ1) is 24.5. The monoisotopic (exact) mass is 488 g/mol. The number of sulfonamides is 1. The van der Waals surface area contributed by atoms with Gasteiger partial charge in [-0.3, -0.25) is 4.79 Å². The maximum absolute atomic E-state index is 13.3. The SMILES string of the molecule is CC1CN(S(=O)(=O)c2cccc(C(=O)NC(c3ccc4c(c3)OCCO4)C(C)C)c2)CC(C)O1. The summed E-state index contributed by atoms with van der Waals surface area (Å²) in [5, 5.41) is 3.06. The first-order valence-electron chi connectivity index (χ1n) is 11.6. The normalized spacial score (nSPS) is 21.8. The molecule has 0 radical (unpaired) electrons. The van der Waals surface area contributed by atoms with Crippen molar-refractivity contribution in [3.05, 3.63) is 53.6 Å². The van der Waals surface area contributed by atoms with Crippen molar-refractivity contribution in [2.75, 3.05) is 26.3 Å². The Balaban J connectivity index is 1.55. The van der Waals surface area contributed by atoms with E-state index in [0.717, 1.165) is 5.56 Å². The van der Waals surface area contributed by atoms with E-state index in [1.54, 1.807) is 12.1 Å². The largest absolute Gasteiger partial charge is 0.486 e. The third kappa shape index (κ3) is 5.21. The molecule has 1 saturated heterocycles. The van der Waals surface area contributed by atoms with Gasteiger partial charge in [-0.1, -0.05) is 26.0 Å². The van der Waals surface area contributed by atoms with Crippen LogP contribution in [0, 0.1) is 5.92 Å². The zero-order valence-corrected chi connectivity index (χ0v) is 20.8. The fourth-order valence-corrected chi connectivity index (χ4v) is 6.02. The van der Waals surface area contributed by atoms with Crippen molar-refractivity contribution >= 4 is 15.9 Å². The maximum Gasteiger partial charge on any atom is 0.251 e. The average molecular weight is 489 g/mol. The third-order valence-electron chi connectivity index (χ3n) is 6.00. The Hall–Kier alpha value is -2.62. The minimum absolute atomic E-state index is 0.0924. The molecule has 0 saturated carbocycles. The van der Waals surface area contributed by atoms with Gasteiger partial charge in [0.05, 0.1) is 23.1 Å². The average Bonchev–Trinajstić information content (AvgIpc) is 2.81. The van der Waals surface area contributed by atoms with Crippen LogP contribution in [-0.2, 0) is 14.8 Å². The van der Waals surface area contributed by atoms with Crippen LogP contribution >= 0.6 is 0 Å². The number of nitrogens with one attached hydrogen (secondary N) is 1. The molecule has 1 amide bonds. The molecule has 4 rings (SSSR count). The van der Waals surface area contributed by atoms with Crippen LogP contribution in [0.15, 0.2) is 47.4 Å². The number of rotatable bonds is 6. The summed E-state index contributed by atoms with van der Waals surface area (Å²) in [6, 6.07) is 11.6. The molecular weight excluding hydrogens is 456 g/mol. The minimum Gasteiger partial charge on any atom is -0.486 e. The molecule has 3 atom stereocenters. The maximum atomic E-state index is 13.3. The predicted molar refractivity (Wildman–Crippen MR) is 128 cm³/mol. The lowest BCUT2D eigenvalue weighted by atomic mass is 9.95. The van der Waals surface area contributed by atoms with Crippen molar-refractivity contribution in [1.82, 2.24) is 9.62 Å². The zero-order chi connectivity index (χ0) is 24.5. The summed E-state index contributed by atoms with van der Waals surface area (Å²) in [5.41, 5.74) is 1.19. The Bertz CT molecular complexity index is 1140. The van der Waals surface area contributed by atoms with Crippen LogP contribution in [0.4, 0.5) is 0 Å². The lowest BCUT2D eigenvalue weighted by Crippen LogP contribution is -2.48. The molecule has 2 heterocycles. The molecule has 8 nitrogen and oxygen atoms in total. The van der Waals surface area contributed by atoms with Gasteiger partial charge in [-0.2, -0.15) is 4.31 Å². The summed E-state index contributed by atoms with van der Waals surface area (Å²) in [6.07, 6.45) is -0.384. The Morgan fingerprint density at radius 1 is 1.00 bits per heavy atom. The molecule has 0 aromatic heterocycles. The van der Waals surface area contributed by atoms with Crippen LogP contribution in [0.2, 0.25) is 0 Å². The van der Waals surface area contributed by atoms with Crippen molar-refractivity contribution in [2.24, 2.45) is 5.92 Å². The highest BCUT2D eigenvalue weighted by Crippen LogP contribution is 2.34. The third-order valence-corrected chi connectivity index (χ3v) is 7.83. The van der Waals surface area contributed by atoms with Crippen LogP contribution in [-0.4, -0.2) is 57.1 Å². The zero-order valence-electron chi connectivity index (χ0n) is 20.0. The van der Waals surface area contributed by atoms with Crippen LogP contribution in [0.5, 0.6) is 11.5 Å². The van der Waals surface area contributed by atoms with Gasteiger partial charge in [-0.05, 0) is 55.7 Å². The van der Waals surface area contributed by atoms with E-state index < -0.39 is 10.0 Å². The molecule has 1 fully saturated rings. The standard InChI is InChI=1S/C25H32N2O6S/c1-16(2)24(19-8-9-22-23(13-19)32-11-10-31-22)26-25(28)20-6-5-7-21(12-20)34(29,30)27-14-17(3)33-18(4)15-27/h5-9,12-13,16-18,24H,10-11,14-15H2,1-4H3,(H,26,28). The Morgan fingerprint density at radius 2 is 1.68 bits per heavy atom. The molecule has 3 unspecified atom stereocenters. The molecule has 2 aliphatic rings. The van der Waals surface area contributed by atoms with Crippen molar-refractivity contribution in [3.63, 3.8) is 0 Å². The van der Waals surface area contributed by atoms with Crippen molar-refractivity contribution in [1.29, 1.82) is 0 Å². The van der Waals surface area contributed by atoms with E-state index >= 15 is 0 Å². The lowest BCUT2D eigenvalue weighted by molar-refractivity contribution is -0.0440. The smallest absolute Gasteiger partial charge is 0.251 e. The molecular formula is C25H32N2O6S. The summed E-state index contributed by atoms with van der Waals surface area (Å²) in [4.78, 5) is 13.3. The molecule has 0 spiro atoms. The number of carbonyl (C=O) groups excluding carboxylic acids is 1. The highest BCUT2D eigenvalue weighted by molar-refractivity contribution is 7.89. The van der Waals surface area contributed by atoms with E-state index in [4.69, 9.17) is 14.2 Å². The van der Waals surface area contributed by atoms with Gasteiger partial charge in [0.2, 0.25) is 10.0 Å². The molecule has 184 valence electrons. The molecule has 2 aromatic rings. The Kier molecular flexibility index (Phi) is 7.16. The highest BCUT2D eigenvalue weighted by Gasteiger charge is 2.32. The van der Waals surface area contributed by atoms with E-state index in [2.05, 4.69) is 5.32 Å². The fourth-order valence-electron chi connectivity index (χ4n) is 4.39. The molecule has 9 heteroatoms. The summed E-state index contributed by atoms with van der Waals surface area (Å²) in [7, 11) is -3.75. The van der Waals surface area contributed by atoms with Gasteiger partial charge in [0, 0.05) is 18.7 Å². The number of fused-ring (bicyclic) bond motifs is 1. The molecule has 2 aromatic carbocycles. The van der Waals surface area contributed by atoms with Crippen molar-refractivity contribution < 1.29 is 27.4 Å². The summed E-state index contributed by atoms with van der Waals surface area (Å²) in [5.74, 6) is 1.10. The minimum atomic E-state index is -3.75. The van der Waals surface area contributed by atoms with Crippen molar-refractivity contribution in [3.8, 4) is 11.5 Å². The number of ether oxygens (including phenoxy) is 3. The van der Waals surface area contributed by atoms with E-state index in [-0.39, 0.29) is 48.1 Å². The van der Waals surface area contributed by atoms with Gasteiger partial charge in [0.1, 0.15) is 13.2 Å². The Labute approximate surface area is 201 Å². The number of hydrogen-bond donors (Lipinski definition) is 1. The summed E-state index contributed by atoms with van der Waals surface area (Å²) in [6.45, 7) is 9.30. The molecule has 34 heavy (non-hydrogen) atoms. The number of morpholine rings is 1. The molecule has 0 bridgehead atoms. The second-order valence-corrected chi connectivity index (χ2v) is 11.1. The van der Waals surface area contributed by atoms with E-state index in [9.17, 15) is 13.2 Å². The fraction of sp³-hybridized carbons (Fsp3) is 0.480. The molecule has 0 aliphatic carbocycles. The topological polar surface area (TPSA) is 94.2 Å². The first-order valence-corrected chi connectivity index (χ1v) is 13.0. The van der Waals surface area contributed by atoms with Crippen LogP contribution in [0.25, 0.3) is 0 Å². The van der Waals surface area contributed by atoms with E-state index in [1.807, 2.05) is 45.9 Å². The number of amides is 1. The van der Waals surface area contributed by atoms with Gasteiger partial charge in [0.15, 0.2) is 11.5 Å².